The highest BCUT2D eigenvalue weighted by atomic mass is 16.7. The first-order chi connectivity index (χ1) is 18.5. The molecule has 39 heavy (non-hydrogen) atoms. The molecule has 0 radical (unpaired) electrons. The number of aliphatic hydroxyl groups is 4. The first-order valence-electron chi connectivity index (χ1n) is 14.6. The molecule has 0 aromatic heterocycles. The molecular weight excluding hydrogens is 506 g/mol. The van der Waals surface area contributed by atoms with Crippen LogP contribution in [0.5, 0.6) is 0 Å². The van der Waals surface area contributed by atoms with Crippen molar-refractivity contribution in [1.82, 2.24) is 0 Å². The highest BCUT2D eigenvalue weighted by Crippen LogP contribution is 2.70. The Morgan fingerprint density at radius 3 is 2.54 bits per heavy atom. The minimum absolute atomic E-state index is 0.0664. The lowest BCUT2D eigenvalue weighted by molar-refractivity contribution is -0.282. The van der Waals surface area contributed by atoms with E-state index in [2.05, 4.69) is 12.1 Å². The van der Waals surface area contributed by atoms with Crippen LogP contribution in [0.2, 0.25) is 0 Å². The first kappa shape index (κ1) is 27.6. The number of carbonyl (C=O) groups is 1. The normalized spacial score (nSPS) is 53.6. The number of ether oxygens (including phenoxy) is 3. The van der Waals surface area contributed by atoms with Gasteiger partial charge in [0.1, 0.15) is 12.7 Å². The van der Waals surface area contributed by atoms with Gasteiger partial charge in [-0.2, -0.15) is 0 Å². The summed E-state index contributed by atoms with van der Waals surface area (Å²) in [6.07, 6.45) is 5.36. The summed E-state index contributed by atoms with van der Waals surface area (Å²) < 4.78 is 17.2. The number of rotatable bonds is 4. The van der Waals surface area contributed by atoms with E-state index < -0.39 is 46.6 Å². The van der Waals surface area contributed by atoms with Crippen molar-refractivity contribution in [2.45, 2.75) is 120 Å². The van der Waals surface area contributed by atoms with Gasteiger partial charge in [-0.1, -0.05) is 6.92 Å². The van der Waals surface area contributed by atoms with Gasteiger partial charge in [-0.05, 0) is 81.6 Å². The minimum atomic E-state index is -1.18. The number of cyclic esters (lactones) is 1. The van der Waals surface area contributed by atoms with Crippen LogP contribution in [0.4, 0.5) is 0 Å². The fourth-order valence-electron chi connectivity index (χ4n) is 9.89. The molecule has 12 atom stereocenters. The van der Waals surface area contributed by atoms with E-state index in [0.717, 1.165) is 24.8 Å². The molecular formula is C29H43NO9. The van der Waals surface area contributed by atoms with Gasteiger partial charge < -0.3 is 39.8 Å². The second kappa shape index (κ2) is 9.49. The third-order valence-corrected chi connectivity index (χ3v) is 11.9. The molecule has 10 nitrogen and oxygen atoms in total. The molecule has 4 aliphatic carbocycles. The summed E-state index contributed by atoms with van der Waals surface area (Å²) in [6, 6.07) is 0. The van der Waals surface area contributed by atoms with E-state index in [0.29, 0.717) is 45.1 Å². The molecule has 0 aromatic rings. The van der Waals surface area contributed by atoms with Crippen molar-refractivity contribution >= 4 is 12.2 Å². The molecule has 6 aliphatic rings. The summed E-state index contributed by atoms with van der Waals surface area (Å²) in [7, 11) is 0. The molecule has 0 aromatic carbocycles. The van der Waals surface area contributed by atoms with Crippen molar-refractivity contribution in [2.24, 2.45) is 33.7 Å². The third kappa shape index (κ3) is 3.96. The van der Waals surface area contributed by atoms with Gasteiger partial charge in [0, 0.05) is 29.7 Å². The molecule has 5 N–H and O–H groups in total. The highest BCUT2D eigenvalue weighted by molar-refractivity contribution is 5.85. The molecule has 1 saturated heterocycles. The van der Waals surface area contributed by atoms with E-state index in [1.807, 2.05) is 0 Å². The number of hydrogen-bond donors (Lipinski definition) is 5. The molecule has 218 valence electrons. The van der Waals surface area contributed by atoms with Gasteiger partial charge >= 0.3 is 5.97 Å². The Morgan fingerprint density at radius 1 is 1.08 bits per heavy atom. The number of aliphatic hydroxyl groups excluding tert-OH is 2. The zero-order chi connectivity index (χ0) is 27.8. The van der Waals surface area contributed by atoms with E-state index in [4.69, 9.17) is 14.2 Å². The van der Waals surface area contributed by atoms with Crippen LogP contribution in [-0.4, -0.2) is 86.3 Å². The average Bonchev–Trinajstić information content (AvgIpc) is 3.42. The number of esters is 1. The monoisotopic (exact) mass is 549 g/mol. The fourth-order valence-corrected chi connectivity index (χ4v) is 9.89. The molecule has 10 heteroatoms. The summed E-state index contributed by atoms with van der Waals surface area (Å²) in [4.78, 5) is 11.8. The largest absolute Gasteiger partial charge is 0.458 e. The molecule has 0 bridgehead atoms. The molecule has 2 aliphatic heterocycles. The van der Waals surface area contributed by atoms with Crippen molar-refractivity contribution in [2.75, 3.05) is 6.61 Å². The number of oxime groups is 1. The fraction of sp³-hybridized carbons (Fsp3) is 0.862. The standard InChI is InChI=1S/C29H43NO9/c1-16-25(33)22(31)12-24(38-16)39-18-3-8-27(15-30-36)20-4-7-26(2)19(17-11-23(32)37-14-17)6-10-29(26,35)21(20)5-9-28(27,34)13-18/h11,15-16,18-22,24-25,31,33-36H,3-10,12-14H2,1-2H3/t16?,18?,19-,20-,21?,22?,24?,25?,26?,27-,28?,29?/m0/s1. The molecule has 0 spiro atoms. The van der Waals surface area contributed by atoms with Gasteiger partial charge in [-0.15, -0.1) is 5.16 Å². The molecule has 6 rings (SSSR count). The van der Waals surface area contributed by atoms with Crippen molar-refractivity contribution in [1.29, 1.82) is 0 Å². The van der Waals surface area contributed by atoms with Crippen LogP contribution < -0.4 is 0 Å². The minimum Gasteiger partial charge on any atom is -0.458 e. The molecule has 2 heterocycles. The van der Waals surface area contributed by atoms with E-state index in [9.17, 15) is 30.4 Å². The Bertz CT molecular complexity index is 1040. The van der Waals surface area contributed by atoms with E-state index in [1.165, 1.54) is 6.21 Å². The van der Waals surface area contributed by atoms with E-state index in [-0.39, 0.29) is 36.2 Å². The third-order valence-electron chi connectivity index (χ3n) is 11.9. The lowest BCUT2D eigenvalue weighted by Crippen LogP contribution is -2.69. The molecule has 5 fully saturated rings. The SMILES string of the molecule is CC1OC(OC2CC[C@]3(C=NO)[C@H]4CCC5(C)[C@H](C6=CC(=O)OC6)CCC5(O)C4CCC3(O)C2)CC(O)C1O. The lowest BCUT2D eigenvalue weighted by atomic mass is 9.41. The number of nitrogens with zero attached hydrogens (tertiary/aromatic N) is 1. The van der Waals surface area contributed by atoms with Crippen LogP contribution in [-0.2, 0) is 19.0 Å². The van der Waals surface area contributed by atoms with Crippen LogP contribution in [0.3, 0.4) is 0 Å². The smallest absolute Gasteiger partial charge is 0.331 e. The summed E-state index contributed by atoms with van der Waals surface area (Å²) in [5, 5.41) is 58.2. The Balaban J connectivity index is 1.24. The average molecular weight is 550 g/mol. The maximum atomic E-state index is 12.4. The van der Waals surface area contributed by atoms with Crippen LogP contribution in [0, 0.1) is 28.6 Å². The van der Waals surface area contributed by atoms with Gasteiger partial charge in [0.15, 0.2) is 6.29 Å². The Kier molecular flexibility index (Phi) is 6.72. The first-order valence-corrected chi connectivity index (χ1v) is 14.6. The summed E-state index contributed by atoms with van der Waals surface area (Å²) in [5.41, 5.74) is -2.37. The van der Waals surface area contributed by atoms with Crippen LogP contribution in [0.25, 0.3) is 0 Å². The van der Waals surface area contributed by atoms with E-state index >= 15 is 0 Å². The Morgan fingerprint density at radius 2 is 1.85 bits per heavy atom. The van der Waals surface area contributed by atoms with Gasteiger partial charge in [0.05, 0.1) is 35.7 Å². The van der Waals surface area contributed by atoms with Gasteiger partial charge in [-0.25, -0.2) is 4.79 Å². The van der Waals surface area contributed by atoms with Gasteiger partial charge in [0.25, 0.3) is 0 Å². The van der Waals surface area contributed by atoms with Crippen LogP contribution in [0.15, 0.2) is 16.8 Å². The number of carbonyl (C=O) groups excluding carboxylic acids is 1. The predicted molar refractivity (Wildman–Crippen MR) is 138 cm³/mol. The Hall–Kier alpha value is -1.56. The Labute approximate surface area is 229 Å². The van der Waals surface area contributed by atoms with Crippen molar-refractivity contribution in [3.63, 3.8) is 0 Å². The molecule has 4 saturated carbocycles. The summed E-state index contributed by atoms with van der Waals surface area (Å²) in [5.74, 6) is -0.372. The summed E-state index contributed by atoms with van der Waals surface area (Å²) in [6.45, 7) is 4.15. The molecule has 9 unspecified atom stereocenters. The zero-order valence-electron chi connectivity index (χ0n) is 22.9. The predicted octanol–water partition coefficient (Wildman–Crippen LogP) is 2.04. The quantitative estimate of drug-likeness (QED) is 0.116. The van der Waals surface area contributed by atoms with Crippen molar-refractivity contribution in [3.05, 3.63) is 11.6 Å². The van der Waals surface area contributed by atoms with E-state index in [1.54, 1.807) is 13.0 Å². The van der Waals surface area contributed by atoms with Crippen molar-refractivity contribution in [3.8, 4) is 0 Å². The highest BCUT2D eigenvalue weighted by Gasteiger charge is 2.71. The maximum absolute atomic E-state index is 12.4. The maximum Gasteiger partial charge on any atom is 0.331 e. The molecule has 0 amide bonds. The topological polar surface area (TPSA) is 158 Å². The number of fused-ring (bicyclic) bond motifs is 5. The van der Waals surface area contributed by atoms with Crippen molar-refractivity contribution < 1.29 is 44.6 Å². The summed E-state index contributed by atoms with van der Waals surface area (Å²) >= 11 is 0. The second-order valence-corrected chi connectivity index (χ2v) is 13.4. The van der Waals surface area contributed by atoms with Crippen LogP contribution in [0.1, 0.15) is 78.1 Å². The van der Waals surface area contributed by atoms with Gasteiger partial charge in [-0.3, -0.25) is 0 Å². The number of hydrogen-bond acceptors (Lipinski definition) is 10. The lowest BCUT2D eigenvalue weighted by Gasteiger charge is -2.65. The second-order valence-electron chi connectivity index (χ2n) is 13.4. The van der Waals surface area contributed by atoms with Gasteiger partial charge in [0.2, 0.25) is 0 Å². The van der Waals surface area contributed by atoms with Crippen LogP contribution >= 0.6 is 0 Å². The zero-order valence-corrected chi connectivity index (χ0v) is 22.9.